The standard InChI is InChI=1S/C18H11Br3O3/c1-23-14-7-6-12(20)9-13(14)16-15(24-18(22)17(16)21)8-10-2-4-11(19)5-3-10/h2-9H,1H3/b15-8-. The van der Waals surface area contributed by atoms with Gasteiger partial charge in [-0.25, -0.2) is 4.79 Å². The van der Waals surface area contributed by atoms with Crippen molar-refractivity contribution in [1.82, 2.24) is 0 Å². The van der Waals surface area contributed by atoms with Crippen LogP contribution >= 0.6 is 47.8 Å². The Labute approximate surface area is 164 Å². The number of esters is 1. The van der Waals surface area contributed by atoms with Crippen molar-refractivity contribution >= 4 is 65.4 Å². The molecule has 6 heteroatoms. The molecule has 0 unspecified atom stereocenters. The van der Waals surface area contributed by atoms with Crippen molar-refractivity contribution < 1.29 is 14.3 Å². The minimum absolute atomic E-state index is 0.377. The molecule has 3 rings (SSSR count). The van der Waals surface area contributed by atoms with E-state index in [4.69, 9.17) is 9.47 Å². The molecule has 1 heterocycles. The van der Waals surface area contributed by atoms with E-state index < -0.39 is 5.97 Å². The number of cyclic esters (lactones) is 1. The van der Waals surface area contributed by atoms with Crippen LogP contribution in [-0.2, 0) is 9.53 Å². The van der Waals surface area contributed by atoms with Crippen LogP contribution in [0, 0.1) is 0 Å². The van der Waals surface area contributed by atoms with Gasteiger partial charge in [0.15, 0.2) is 0 Å². The minimum atomic E-state index is -0.421. The number of methoxy groups -OCH3 is 1. The van der Waals surface area contributed by atoms with Crippen molar-refractivity contribution in [2.75, 3.05) is 7.11 Å². The van der Waals surface area contributed by atoms with Gasteiger partial charge >= 0.3 is 5.97 Å². The molecular formula is C18H11Br3O3. The van der Waals surface area contributed by atoms with E-state index in [-0.39, 0.29) is 0 Å². The Morgan fingerprint density at radius 2 is 1.67 bits per heavy atom. The molecule has 3 nitrogen and oxygen atoms in total. The van der Waals surface area contributed by atoms with E-state index in [0.29, 0.717) is 21.6 Å². The van der Waals surface area contributed by atoms with E-state index in [0.717, 1.165) is 20.1 Å². The van der Waals surface area contributed by atoms with Crippen molar-refractivity contribution in [2.45, 2.75) is 0 Å². The number of ether oxygens (including phenoxy) is 2. The lowest BCUT2D eigenvalue weighted by atomic mass is 10.0. The predicted molar refractivity (Wildman–Crippen MR) is 105 cm³/mol. The van der Waals surface area contributed by atoms with Crippen LogP contribution in [0.3, 0.4) is 0 Å². The van der Waals surface area contributed by atoms with Crippen LogP contribution in [0.25, 0.3) is 11.6 Å². The second-order valence-corrected chi connectivity index (χ2v) is 7.61. The summed E-state index contributed by atoms with van der Waals surface area (Å²) in [7, 11) is 1.59. The number of carbonyl (C=O) groups is 1. The molecule has 0 fully saturated rings. The molecule has 1 aliphatic heterocycles. The zero-order valence-corrected chi connectivity index (χ0v) is 17.2. The van der Waals surface area contributed by atoms with E-state index in [1.54, 1.807) is 7.11 Å². The average Bonchev–Trinajstić information content (AvgIpc) is 2.84. The molecule has 0 amide bonds. The van der Waals surface area contributed by atoms with Gasteiger partial charge in [-0.2, -0.15) is 0 Å². The third kappa shape index (κ3) is 3.50. The summed E-state index contributed by atoms with van der Waals surface area (Å²) in [4.78, 5) is 12.1. The van der Waals surface area contributed by atoms with E-state index in [9.17, 15) is 4.79 Å². The zero-order chi connectivity index (χ0) is 17.3. The second-order valence-electron chi connectivity index (χ2n) is 4.98. The molecule has 2 aromatic carbocycles. The summed E-state index contributed by atoms with van der Waals surface area (Å²) < 4.78 is 13.1. The number of carbonyl (C=O) groups excluding carboxylic acids is 1. The number of hydrogen-bond acceptors (Lipinski definition) is 3. The fourth-order valence-electron chi connectivity index (χ4n) is 2.34. The minimum Gasteiger partial charge on any atom is -0.496 e. The first-order chi connectivity index (χ1) is 11.5. The molecule has 0 bridgehead atoms. The third-order valence-electron chi connectivity index (χ3n) is 3.45. The van der Waals surface area contributed by atoms with Crippen molar-refractivity contribution in [1.29, 1.82) is 0 Å². The highest BCUT2D eigenvalue weighted by atomic mass is 79.9. The van der Waals surface area contributed by atoms with Gasteiger partial charge in [0, 0.05) is 20.1 Å². The highest BCUT2D eigenvalue weighted by Gasteiger charge is 2.31. The van der Waals surface area contributed by atoms with E-state index in [2.05, 4.69) is 47.8 Å². The van der Waals surface area contributed by atoms with Crippen molar-refractivity contribution in [3.05, 3.63) is 72.8 Å². The molecule has 0 aromatic heterocycles. The van der Waals surface area contributed by atoms with Crippen LogP contribution in [0.1, 0.15) is 11.1 Å². The van der Waals surface area contributed by atoms with Crippen LogP contribution < -0.4 is 4.74 Å². The first-order valence-corrected chi connectivity index (χ1v) is 9.31. The number of allylic oxidation sites excluding steroid dienone is 1. The van der Waals surface area contributed by atoms with E-state index in [1.165, 1.54) is 0 Å². The number of halogens is 3. The summed E-state index contributed by atoms with van der Waals surface area (Å²) in [6.45, 7) is 0. The molecular weight excluding hydrogens is 504 g/mol. The maximum atomic E-state index is 12.1. The first kappa shape index (κ1) is 17.5. The number of benzene rings is 2. The van der Waals surface area contributed by atoms with Gasteiger partial charge in [0.2, 0.25) is 0 Å². The largest absolute Gasteiger partial charge is 0.496 e. The second kappa shape index (κ2) is 7.25. The smallest absolute Gasteiger partial charge is 0.351 e. The van der Waals surface area contributed by atoms with Crippen molar-refractivity contribution in [2.24, 2.45) is 0 Å². The Kier molecular flexibility index (Phi) is 5.27. The van der Waals surface area contributed by atoms with Gasteiger partial charge < -0.3 is 9.47 Å². The summed E-state index contributed by atoms with van der Waals surface area (Å²) in [5.74, 6) is 0.714. The summed E-state index contributed by atoms with van der Waals surface area (Å²) in [5, 5.41) is 0. The van der Waals surface area contributed by atoms with Crippen LogP contribution in [0.2, 0.25) is 0 Å². The van der Waals surface area contributed by atoms with Gasteiger partial charge in [0.05, 0.1) is 7.11 Å². The third-order valence-corrected chi connectivity index (χ3v) is 5.19. The molecule has 0 atom stereocenters. The van der Waals surface area contributed by atoms with E-state index in [1.807, 2.05) is 48.5 Å². The summed E-state index contributed by atoms with van der Waals surface area (Å²) in [6.07, 6.45) is 1.83. The predicted octanol–water partition coefficient (Wildman–Crippen LogP) is 5.92. The molecule has 0 saturated carbocycles. The molecule has 24 heavy (non-hydrogen) atoms. The van der Waals surface area contributed by atoms with Gasteiger partial charge in [0.1, 0.15) is 16.0 Å². The lowest BCUT2D eigenvalue weighted by Crippen LogP contribution is -1.94. The maximum Gasteiger partial charge on any atom is 0.351 e. The Bertz CT molecular complexity index is 868. The van der Waals surface area contributed by atoms with Gasteiger partial charge in [0.25, 0.3) is 0 Å². The van der Waals surface area contributed by atoms with Gasteiger partial charge in [-0.05, 0) is 57.9 Å². The van der Waals surface area contributed by atoms with E-state index >= 15 is 0 Å². The van der Waals surface area contributed by atoms with Crippen molar-refractivity contribution in [3.8, 4) is 5.75 Å². The highest BCUT2D eigenvalue weighted by Crippen LogP contribution is 2.42. The average molecular weight is 515 g/mol. The van der Waals surface area contributed by atoms with Gasteiger partial charge in [-0.15, -0.1) is 0 Å². The molecule has 122 valence electrons. The fourth-order valence-corrected chi connectivity index (χ4v) is 3.46. The first-order valence-electron chi connectivity index (χ1n) is 6.93. The summed E-state index contributed by atoms with van der Waals surface area (Å²) >= 11 is 10.2. The molecule has 2 aromatic rings. The summed E-state index contributed by atoms with van der Waals surface area (Å²) in [6, 6.07) is 13.4. The monoisotopic (exact) mass is 512 g/mol. The van der Waals surface area contributed by atoms with Crippen LogP contribution in [-0.4, -0.2) is 13.1 Å². The van der Waals surface area contributed by atoms with Crippen LogP contribution in [0.5, 0.6) is 5.75 Å². The maximum absolute atomic E-state index is 12.1. The lowest BCUT2D eigenvalue weighted by molar-refractivity contribution is -0.132. The molecule has 0 aliphatic carbocycles. The molecule has 0 N–H and O–H groups in total. The van der Waals surface area contributed by atoms with Crippen LogP contribution in [0.4, 0.5) is 0 Å². The Balaban J connectivity index is 2.14. The molecule has 1 aliphatic rings. The molecule has 0 saturated heterocycles. The zero-order valence-electron chi connectivity index (χ0n) is 12.5. The lowest BCUT2D eigenvalue weighted by Gasteiger charge is -2.11. The van der Waals surface area contributed by atoms with Crippen LogP contribution in [0.15, 0.2) is 61.7 Å². The Morgan fingerprint density at radius 3 is 2.33 bits per heavy atom. The highest BCUT2D eigenvalue weighted by molar-refractivity contribution is 9.12. The normalized spacial score (nSPS) is 15.8. The molecule has 0 radical (unpaired) electrons. The Hall–Kier alpha value is -1.37. The SMILES string of the molecule is COc1ccc(Br)cc1C1=C(Br)C(=O)O/C1=C\c1ccc(Br)cc1. The Morgan fingerprint density at radius 1 is 1.00 bits per heavy atom. The quantitative estimate of drug-likeness (QED) is 0.477. The van der Waals surface area contributed by atoms with Crippen molar-refractivity contribution in [3.63, 3.8) is 0 Å². The number of rotatable bonds is 3. The van der Waals surface area contributed by atoms with Gasteiger partial charge in [-0.3, -0.25) is 0 Å². The van der Waals surface area contributed by atoms with Gasteiger partial charge in [-0.1, -0.05) is 44.0 Å². The summed E-state index contributed by atoms with van der Waals surface area (Å²) in [5.41, 5.74) is 2.36. The topological polar surface area (TPSA) is 35.5 Å². The number of hydrogen-bond donors (Lipinski definition) is 0. The molecule has 0 spiro atoms. The fraction of sp³-hybridized carbons (Fsp3) is 0.0556.